The molecule has 0 N–H and O–H groups in total. The highest BCUT2D eigenvalue weighted by Gasteiger charge is 2.28. The van der Waals surface area contributed by atoms with Crippen molar-refractivity contribution in [1.82, 2.24) is 0 Å². The van der Waals surface area contributed by atoms with Crippen molar-refractivity contribution in [3.05, 3.63) is 59.7 Å². The molecule has 0 spiro atoms. The van der Waals surface area contributed by atoms with E-state index in [0.717, 1.165) is 23.3 Å². The Labute approximate surface area is 106 Å². The largest absolute Gasteiger partial charge is 0.464 e. The number of carbonyl (C=O) groups is 1. The Morgan fingerprint density at radius 2 is 1.83 bits per heavy atom. The van der Waals surface area contributed by atoms with Crippen LogP contribution in [0.3, 0.4) is 0 Å². The lowest BCUT2D eigenvalue weighted by Gasteiger charge is -2.20. The average molecular weight is 239 g/mol. The number of anilines is 1. The molecule has 3 nitrogen and oxygen atoms in total. The van der Waals surface area contributed by atoms with Gasteiger partial charge in [-0.25, -0.2) is 0 Å². The molecular formula is C15H13NO2. The van der Waals surface area contributed by atoms with Gasteiger partial charge in [-0.1, -0.05) is 36.4 Å². The van der Waals surface area contributed by atoms with E-state index < -0.39 is 0 Å². The second kappa shape index (κ2) is 4.18. The molecule has 0 aromatic heterocycles. The summed E-state index contributed by atoms with van der Waals surface area (Å²) < 4.78 is 5.92. The zero-order chi connectivity index (χ0) is 12.5. The highest BCUT2D eigenvalue weighted by Crippen LogP contribution is 2.41. The molecule has 0 saturated carbocycles. The van der Waals surface area contributed by atoms with E-state index in [1.165, 1.54) is 0 Å². The van der Waals surface area contributed by atoms with Crippen molar-refractivity contribution in [3.8, 4) is 5.75 Å². The Morgan fingerprint density at radius 1 is 1.11 bits per heavy atom. The van der Waals surface area contributed by atoms with Crippen molar-refractivity contribution < 1.29 is 9.53 Å². The molecule has 0 aliphatic carbocycles. The normalized spacial score (nSPS) is 17.2. The summed E-state index contributed by atoms with van der Waals surface area (Å²) in [7, 11) is 2.00. The summed E-state index contributed by atoms with van der Waals surface area (Å²) in [6, 6.07) is 15.4. The minimum absolute atomic E-state index is 0.122. The number of nitrogens with zero attached hydrogens (tertiary/aromatic N) is 1. The second-order valence-corrected chi connectivity index (χ2v) is 4.33. The van der Waals surface area contributed by atoms with Crippen LogP contribution >= 0.6 is 0 Å². The molecular weight excluding hydrogens is 226 g/mol. The first-order valence-corrected chi connectivity index (χ1v) is 5.83. The Balaban J connectivity index is 1.93. The second-order valence-electron chi connectivity index (χ2n) is 4.33. The predicted octanol–water partition coefficient (Wildman–Crippen LogP) is 3.03. The molecule has 2 aromatic carbocycles. The van der Waals surface area contributed by atoms with Gasteiger partial charge in [0.05, 0.1) is 5.69 Å². The molecule has 0 amide bonds. The average Bonchev–Trinajstić information content (AvgIpc) is 2.77. The third-order valence-corrected chi connectivity index (χ3v) is 3.19. The van der Waals surface area contributed by atoms with Crippen molar-refractivity contribution in [2.24, 2.45) is 0 Å². The molecule has 18 heavy (non-hydrogen) atoms. The lowest BCUT2D eigenvalue weighted by Crippen LogP contribution is -2.22. The summed E-state index contributed by atoms with van der Waals surface area (Å²) in [4.78, 5) is 12.7. The molecule has 90 valence electrons. The SMILES string of the molecule is CN1c2ccccc2OC1c1ccc(C=O)cc1. The van der Waals surface area contributed by atoms with Gasteiger partial charge < -0.3 is 9.64 Å². The van der Waals surface area contributed by atoms with Crippen LogP contribution in [0, 0.1) is 0 Å². The predicted molar refractivity (Wildman–Crippen MR) is 70.0 cm³/mol. The summed E-state index contributed by atoms with van der Waals surface area (Å²) in [5, 5.41) is 0. The lowest BCUT2D eigenvalue weighted by molar-refractivity contribution is 0.112. The first-order valence-electron chi connectivity index (χ1n) is 5.83. The van der Waals surface area contributed by atoms with Crippen molar-refractivity contribution in [2.75, 3.05) is 11.9 Å². The number of para-hydroxylation sites is 2. The molecule has 1 heterocycles. The van der Waals surface area contributed by atoms with Gasteiger partial charge >= 0.3 is 0 Å². The van der Waals surface area contributed by atoms with Crippen LogP contribution in [-0.2, 0) is 0 Å². The molecule has 1 atom stereocenters. The van der Waals surface area contributed by atoms with Crippen molar-refractivity contribution >= 4 is 12.0 Å². The molecule has 1 aliphatic rings. The van der Waals surface area contributed by atoms with E-state index in [9.17, 15) is 4.79 Å². The summed E-state index contributed by atoms with van der Waals surface area (Å²) in [6.45, 7) is 0. The van der Waals surface area contributed by atoms with Gasteiger partial charge in [0.2, 0.25) is 0 Å². The van der Waals surface area contributed by atoms with Gasteiger partial charge in [0.15, 0.2) is 6.23 Å². The quantitative estimate of drug-likeness (QED) is 0.754. The summed E-state index contributed by atoms with van der Waals surface area (Å²) in [6.07, 6.45) is 0.723. The standard InChI is InChI=1S/C15H13NO2/c1-16-13-4-2-3-5-14(13)18-15(16)12-8-6-11(10-17)7-9-12/h2-10,15H,1H3. The Kier molecular flexibility index (Phi) is 2.52. The van der Waals surface area contributed by atoms with Gasteiger partial charge in [0.1, 0.15) is 12.0 Å². The number of benzene rings is 2. The smallest absolute Gasteiger partial charge is 0.198 e. The maximum absolute atomic E-state index is 10.6. The summed E-state index contributed by atoms with van der Waals surface area (Å²) in [5.74, 6) is 0.893. The molecule has 0 radical (unpaired) electrons. The van der Waals surface area contributed by atoms with Crippen LogP contribution in [0.25, 0.3) is 0 Å². The zero-order valence-electron chi connectivity index (χ0n) is 10.0. The van der Waals surface area contributed by atoms with Gasteiger partial charge in [-0.05, 0) is 12.1 Å². The monoisotopic (exact) mass is 239 g/mol. The zero-order valence-corrected chi connectivity index (χ0v) is 10.0. The highest BCUT2D eigenvalue weighted by atomic mass is 16.5. The van der Waals surface area contributed by atoms with Crippen LogP contribution in [0.4, 0.5) is 5.69 Å². The van der Waals surface area contributed by atoms with Gasteiger partial charge in [0.25, 0.3) is 0 Å². The van der Waals surface area contributed by atoms with E-state index in [0.29, 0.717) is 5.56 Å². The first-order chi connectivity index (χ1) is 8.79. The van der Waals surface area contributed by atoms with E-state index in [-0.39, 0.29) is 6.23 Å². The van der Waals surface area contributed by atoms with E-state index in [2.05, 4.69) is 4.90 Å². The van der Waals surface area contributed by atoms with Crippen LogP contribution in [0.5, 0.6) is 5.75 Å². The van der Waals surface area contributed by atoms with Gasteiger partial charge in [-0.3, -0.25) is 4.79 Å². The van der Waals surface area contributed by atoms with E-state index >= 15 is 0 Å². The lowest BCUT2D eigenvalue weighted by atomic mass is 10.1. The van der Waals surface area contributed by atoms with Crippen LogP contribution in [0.2, 0.25) is 0 Å². The Bertz CT molecular complexity index is 577. The fourth-order valence-corrected chi connectivity index (χ4v) is 2.20. The fourth-order valence-electron chi connectivity index (χ4n) is 2.20. The van der Waals surface area contributed by atoms with Gasteiger partial charge in [-0.15, -0.1) is 0 Å². The third-order valence-electron chi connectivity index (χ3n) is 3.19. The Morgan fingerprint density at radius 3 is 2.50 bits per heavy atom. The maximum atomic E-state index is 10.6. The van der Waals surface area contributed by atoms with Crippen molar-refractivity contribution in [3.63, 3.8) is 0 Å². The van der Waals surface area contributed by atoms with Crippen LogP contribution in [0.15, 0.2) is 48.5 Å². The van der Waals surface area contributed by atoms with E-state index in [1.807, 2.05) is 55.6 Å². The van der Waals surface area contributed by atoms with Crippen molar-refractivity contribution in [1.29, 1.82) is 0 Å². The number of fused-ring (bicyclic) bond motifs is 1. The van der Waals surface area contributed by atoms with Crippen LogP contribution < -0.4 is 9.64 Å². The Hall–Kier alpha value is -2.29. The molecule has 0 fully saturated rings. The van der Waals surface area contributed by atoms with Crippen LogP contribution in [-0.4, -0.2) is 13.3 Å². The van der Waals surface area contributed by atoms with Gasteiger partial charge in [-0.2, -0.15) is 0 Å². The number of carbonyl (C=O) groups excluding carboxylic acids is 1. The summed E-state index contributed by atoms with van der Waals surface area (Å²) in [5.41, 5.74) is 2.80. The minimum Gasteiger partial charge on any atom is -0.464 e. The molecule has 3 rings (SSSR count). The molecule has 2 aromatic rings. The van der Waals surface area contributed by atoms with Gasteiger partial charge in [0, 0.05) is 18.2 Å². The number of ether oxygens (including phenoxy) is 1. The summed E-state index contributed by atoms with van der Waals surface area (Å²) >= 11 is 0. The molecule has 0 saturated heterocycles. The third kappa shape index (κ3) is 1.64. The number of aldehydes is 1. The van der Waals surface area contributed by atoms with Crippen LogP contribution in [0.1, 0.15) is 22.1 Å². The van der Waals surface area contributed by atoms with E-state index in [1.54, 1.807) is 0 Å². The maximum Gasteiger partial charge on any atom is 0.198 e. The number of hydrogen-bond donors (Lipinski definition) is 0. The molecule has 0 bridgehead atoms. The number of hydrogen-bond acceptors (Lipinski definition) is 3. The first kappa shape index (κ1) is 10.8. The molecule has 1 unspecified atom stereocenters. The fraction of sp³-hybridized carbons (Fsp3) is 0.133. The number of rotatable bonds is 2. The van der Waals surface area contributed by atoms with E-state index in [4.69, 9.17) is 4.74 Å². The molecule has 1 aliphatic heterocycles. The topological polar surface area (TPSA) is 29.5 Å². The molecule has 3 heteroatoms. The highest BCUT2D eigenvalue weighted by molar-refractivity contribution is 5.74. The minimum atomic E-state index is -0.122. The van der Waals surface area contributed by atoms with Crippen molar-refractivity contribution in [2.45, 2.75) is 6.23 Å².